The molecule has 7 nitrogen and oxygen atoms in total. The van der Waals surface area contributed by atoms with Gasteiger partial charge in [-0.15, -0.1) is 0 Å². The molecule has 8 heteroatoms. The number of Topliss-reactive ketones (excluding diaryl/α,β-unsaturated/α-hetero) is 1. The summed E-state index contributed by atoms with van der Waals surface area (Å²) in [6, 6.07) is 13.3. The maximum absolute atomic E-state index is 12.2. The van der Waals surface area contributed by atoms with E-state index in [1.54, 1.807) is 6.92 Å². The van der Waals surface area contributed by atoms with Gasteiger partial charge < -0.3 is 20.4 Å². The molecule has 0 unspecified atom stereocenters. The Kier molecular flexibility index (Phi) is 10.0. The van der Waals surface area contributed by atoms with Gasteiger partial charge in [-0.25, -0.2) is 0 Å². The van der Waals surface area contributed by atoms with Crippen molar-refractivity contribution in [3.63, 3.8) is 0 Å². The zero-order valence-electron chi connectivity index (χ0n) is 16.1. The first-order valence-electron chi connectivity index (χ1n) is 8.66. The summed E-state index contributed by atoms with van der Waals surface area (Å²) < 4.78 is 4.73. The molecule has 1 N–H and O–H groups in total. The van der Waals surface area contributed by atoms with Gasteiger partial charge in [0.25, 0.3) is 0 Å². The number of ketones is 1. The Morgan fingerprint density at radius 1 is 1.07 bits per heavy atom. The van der Waals surface area contributed by atoms with Crippen molar-refractivity contribution in [2.45, 2.75) is 32.6 Å². The fraction of sp³-hybridized carbons (Fsp3) is 0.300. The van der Waals surface area contributed by atoms with Crippen LogP contribution in [0.2, 0.25) is 0 Å². The van der Waals surface area contributed by atoms with Crippen LogP contribution in [-0.4, -0.2) is 35.3 Å². The number of carboxylic acid groups (broad SMARTS) is 1. The average molecular weight is 376 g/mol. The average Bonchev–Trinajstić information content (AvgIpc) is 2.64. The van der Waals surface area contributed by atoms with Gasteiger partial charge in [0.05, 0.1) is 6.61 Å². The topological polar surface area (TPSA) is 107 Å². The molecular formula is C20H21LiN2O5. The van der Waals surface area contributed by atoms with E-state index in [4.69, 9.17) is 9.84 Å². The molecule has 0 radical (unpaired) electrons. The van der Waals surface area contributed by atoms with Crippen molar-refractivity contribution in [3.05, 3.63) is 53.5 Å². The maximum Gasteiger partial charge on any atom is 1.00 e. The smallest absolute Gasteiger partial charge is 0.508 e. The molecule has 0 atom stereocenters. The molecule has 2 aromatic rings. The predicted molar refractivity (Wildman–Crippen MR) is 102 cm³/mol. The van der Waals surface area contributed by atoms with E-state index < -0.39 is 12.1 Å². The summed E-state index contributed by atoms with van der Waals surface area (Å²) in [6.45, 7) is 1.84. The Bertz CT molecular complexity index is 867. The maximum atomic E-state index is 12.2. The minimum atomic E-state index is -0.941. The summed E-state index contributed by atoms with van der Waals surface area (Å²) in [7, 11) is 0. The molecule has 0 saturated heterocycles. The summed E-state index contributed by atoms with van der Waals surface area (Å²) in [5, 5.41) is 14.6. The van der Waals surface area contributed by atoms with Gasteiger partial charge in [0, 0.05) is 25.0 Å². The number of rotatable bonds is 9. The third-order valence-corrected chi connectivity index (χ3v) is 3.81. The number of hydrogen-bond donors (Lipinski definition) is 1. The van der Waals surface area contributed by atoms with Crippen molar-refractivity contribution in [2.24, 2.45) is 5.10 Å². The molecule has 142 valence electrons. The summed E-state index contributed by atoms with van der Waals surface area (Å²) in [6.07, 6.45) is -0.552. The molecule has 0 spiro atoms. The number of benzene rings is 2. The van der Waals surface area contributed by atoms with Crippen LogP contribution in [-0.2, 0) is 14.3 Å². The molecule has 28 heavy (non-hydrogen) atoms. The van der Waals surface area contributed by atoms with Gasteiger partial charge in [0.2, 0.25) is 6.09 Å². The minimum absolute atomic E-state index is 0. The molecule has 0 heterocycles. The molecule has 2 aromatic carbocycles. The monoisotopic (exact) mass is 376 g/mol. The number of amides is 1. The van der Waals surface area contributed by atoms with Gasteiger partial charge in [-0.1, -0.05) is 36.4 Å². The minimum Gasteiger partial charge on any atom is -0.508 e. The van der Waals surface area contributed by atoms with Crippen molar-refractivity contribution in [1.82, 2.24) is 0 Å². The fourth-order valence-corrected chi connectivity index (χ4v) is 2.53. The van der Waals surface area contributed by atoms with Crippen molar-refractivity contribution < 1.29 is 43.1 Å². The first kappa shape index (κ1) is 23.4. The van der Waals surface area contributed by atoms with Crippen LogP contribution >= 0.6 is 0 Å². The van der Waals surface area contributed by atoms with Crippen LogP contribution in [0.15, 0.2) is 47.6 Å². The first-order chi connectivity index (χ1) is 13.0. The summed E-state index contributed by atoms with van der Waals surface area (Å²) in [5.74, 6) is -1.11. The fourth-order valence-electron chi connectivity index (χ4n) is 2.53. The number of carboxylic acids is 1. The van der Waals surface area contributed by atoms with Crippen LogP contribution in [0.5, 0.6) is 0 Å². The van der Waals surface area contributed by atoms with Gasteiger partial charge in [0.15, 0.2) is 0 Å². The number of fused-ring (bicyclic) bond motifs is 1. The van der Waals surface area contributed by atoms with Gasteiger partial charge >= 0.3 is 24.8 Å². The van der Waals surface area contributed by atoms with Gasteiger partial charge in [-0.05, 0) is 35.7 Å². The zero-order chi connectivity index (χ0) is 19.6. The van der Waals surface area contributed by atoms with E-state index in [0.29, 0.717) is 11.3 Å². The summed E-state index contributed by atoms with van der Waals surface area (Å²) in [4.78, 5) is 34.3. The number of nitrogens with zero attached hydrogens (tertiary/aromatic N) is 2. The van der Waals surface area contributed by atoms with Crippen LogP contribution in [0.3, 0.4) is 0 Å². The third-order valence-electron chi connectivity index (χ3n) is 3.81. The quantitative estimate of drug-likeness (QED) is 0.403. The second kappa shape index (κ2) is 12.0. The molecule has 0 saturated carbocycles. The standard InChI is InChI=1S/C20H22N2O5.Li/c1-2-27-20(26)22-21-18(13-17(23)8-5-9-19(24)25)16-11-10-14-6-3-4-7-15(14)12-16;/h3-4,6-7,10-12H,2,5,8-9,13H2,1H3,(H2,22,24,25,26);/q;+1/p-1/b21-18+;. The van der Waals surface area contributed by atoms with Gasteiger partial charge in [0.1, 0.15) is 5.78 Å². The summed E-state index contributed by atoms with van der Waals surface area (Å²) in [5.41, 5.74) is 4.53. The van der Waals surface area contributed by atoms with E-state index in [9.17, 15) is 14.4 Å². The van der Waals surface area contributed by atoms with Crippen molar-refractivity contribution >= 4 is 34.3 Å². The van der Waals surface area contributed by atoms with Crippen molar-refractivity contribution in [3.8, 4) is 0 Å². The molecule has 0 fully saturated rings. The number of carbonyl (C=O) groups excluding carboxylic acids is 2. The van der Waals surface area contributed by atoms with Crippen LogP contribution in [0.1, 0.15) is 38.2 Å². The first-order valence-corrected chi connectivity index (χ1v) is 8.66. The number of aliphatic carboxylic acids is 1. The molecule has 2 rings (SSSR count). The third kappa shape index (κ3) is 7.55. The molecule has 0 bridgehead atoms. The summed E-state index contributed by atoms with van der Waals surface area (Å²) >= 11 is 0. The van der Waals surface area contributed by atoms with E-state index in [-0.39, 0.29) is 56.9 Å². The van der Waals surface area contributed by atoms with Crippen LogP contribution in [0, 0.1) is 0 Å². The Morgan fingerprint density at radius 2 is 1.79 bits per heavy atom. The van der Waals surface area contributed by atoms with Crippen molar-refractivity contribution in [2.75, 3.05) is 6.61 Å². The SMILES string of the molecule is CCOC(=O)[N-]/N=C(\CC(=O)CCCC(=O)O)c1ccc2ccccc2c1.[Li+]. The molecular weight excluding hydrogens is 355 g/mol. The Labute approximate surface area is 175 Å². The predicted octanol–water partition coefficient (Wildman–Crippen LogP) is 1.29. The Balaban J connectivity index is 0.00000392. The van der Waals surface area contributed by atoms with Crippen LogP contribution in [0.4, 0.5) is 4.79 Å². The zero-order valence-corrected chi connectivity index (χ0v) is 16.1. The largest absolute Gasteiger partial charge is 1.00 e. The van der Waals surface area contributed by atoms with Gasteiger partial charge in [-0.3, -0.25) is 14.4 Å². The Morgan fingerprint density at radius 3 is 2.46 bits per heavy atom. The number of carbonyl (C=O) groups is 3. The normalized spacial score (nSPS) is 10.8. The number of hydrogen-bond acceptors (Lipinski definition) is 5. The van der Waals surface area contributed by atoms with E-state index in [1.807, 2.05) is 42.5 Å². The van der Waals surface area contributed by atoms with Gasteiger partial charge in [-0.2, -0.15) is 0 Å². The van der Waals surface area contributed by atoms with Crippen LogP contribution < -0.4 is 18.9 Å². The van der Waals surface area contributed by atoms with E-state index in [0.717, 1.165) is 10.8 Å². The number of ether oxygens (including phenoxy) is 1. The second-order valence-electron chi connectivity index (χ2n) is 5.87. The van der Waals surface area contributed by atoms with E-state index in [1.165, 1.54) is 0 Å². The van der Waals surface area contributed by atoms with Crippen molar-refractivity contribution in [1.29, 1.82) is 0 Å². The van der Waals surface area contributed by atoms with Crippen LogP contribution in [0.25, 0.3) is 16.2 Å². The molecule has 1 amide bonds. The Hall–Kier alpha value is -2.62. The molecule has 0 aromatic heterocycles. The van der Waals surface area contributed by atoms with E-state index in [2.05, 4.69) is 10.5 Å². The molecule has 0 aliphatic carbocycles. The second-order valence-corrected chi connectivity index (χ2v) is 5.87. The van der Waals surface area contributed by atoms with E-state index >= 15 is 0 Å². The molecule has 0 aliphatic heterocycles. The molecule has 0 aliphatic rings.